The van der Waals surface area contributed by atoms with E-state index in [-0.39, 0.29) is 6.10 Å². The zero-order valence-electron chi connectivity index (χ0n) is 11.8. The SMILES string of the molecule is Cn1nccc1CCN1CCCC1C1CCCC1O. The highest BCUT2D eigenvalue weighted by atomic mass is 16.3. The molecule has 3 rings (SSSR count). The van der Waals surface area contributed by atoms with Crippen LogP contribution in [-0.2, 0) is 13.5 Å². The van der Waals surface area contributed by atoms with Gasteiger partial charge in [0, 0.05) is 43.9 Å². The summed E-state index contributed by atoms with van der Waals surface area (Å²) in [5.74, 6) is 0.522. The summed E-state index contributed by atoms with van der Waals surface area (Å²) in [7, 11) is 2.01. The number of aliphatic hydroxyl groups is 1. The summed E-state index contributed by atoms with van der Waals surface area (Å²) in [5.41, 5.74) is 1.30. The van der Waals surface area contributed by atoms with Crippen molar-refractivity contribution in [2.45, 2.75) is 50.7 Å². The van der Waals surface area contributed by atoms with Crippen LogP contribution < -0.4 is 0 Å². The van der Waals surface area contributed by atoms with E-state index in [1.54, 1.807) is 0 Å². The molecule has 106 valence electrons. The number of nitrogens with zero attached hydrogens (tertiary/aromatic N) is 3. The number of hydrogen-bond acceptors (Lipinski definition) is 3. The third-order valence-electron chi connectivity index (χ3n) is 5.02. The van der Waals surface area contributed by atoms with Crippen LogP contribution in [0.1, 0.15) is 37.8 Å². The summed E-state index contributed by atoms with van der Waals surface area (Å²) in [6, 6.07) is 2.72. The second-order valence-electron chi connectivity index (χ2n) is 6.10. The largest absolute Gasteiger partial charge is 0.393 e. The molecule has 0 radical (unpaired) electrons. The van der Waals surface area contributed by atoms with E-state index >= 15 is 0 Å². The second kappa shape index (κ2) is 5.63. The molecule has 0 spiro atoms. The van der Waals surface area contributed by atoms with Crippen molar-refractivity contribution in [3.8, 4) is 0 Å². The fourth-order valence-corrected chi connectivity index (χ4v) is 3.94. The number of hydrogen-bond donors (Lipinski definition) is 1. The molecule has 1 N–H and O–H groups in total. The van der Waals surface area contributed by atoms with Crippen LogP contribution in [0.3, 0.4) is 0 Å². The van der Waals surface area contributed by atoms with Crippen LogP contribution >= 0.6 is 0 Å². The van der Waals surface area contributed by atoms with Crippen molar-refractivity contribution in [2.75, 3.05) is 13.1 Å². The maximum Gasteiger partial charge on any atom is 0.0583 e. The van der Waals surface area contributed by atoms with E-state index in [0.29, 0.717) is 12.0 Å². The maximum absolute atomic E-state index is 10.1. The van der Waals surface area contributed by atoms with Gasteiger partial charge in [-0.05, 0) is 38.3 Å². The van der Waals surface area contributed by atoms with Crippen LogP contribution in [0.2, 0.25) is 0 Å². The first-order valence-electron chi connectivity index (χ1n) is 7.64. The van der Waals surface area contributed by atoms with Crippen LogP contribution in [-0.4, -0.2) is 45.0 Å². The van der Waals surface area contributed by atoms with Crippen molar-refractivity contribution in [2.24, 2.45) is 13.0 Å². The fraction of sp³-hybridized carbons (Fsp3) is 0.800. The van der Waals surface area contributed by atoms with E-state index in [2.05, 4.69) is 16.1 Å². The van der Waals surface area contributed by atoms with Crippen molar-refractivity contribution in [1.29, 1.82) is 0 Å². The Morgan fingerprint density at radius 1 is 1.32 bits per heavy atom. The fourth-order valence-electron chi connectivity index (χ4n) is 3.94. The summed E-state index contributed by atoms with van der Waals surface area (Å²) in [6.07, 6.45) is 8.88. The maximum atomic E-state index is 10.1. The van der Waals surface area contributed by atoms with E-state index in [9.17, 15) is 5.11 Å². The Hall–Kier alpha value is -0.870. The summed E-state index contributed by atoms with van der Waals surface area (Å²) in [4.78, 5) is 2.60. The summed E-state index contributed by atoms with van der Waals surface area (Å²) >= 11 is 0. The molecule has 1 saturated carbocycles. The van der Waals surface area contributed by atoms with Crippen molar-refractivity contribution in [1.82, 2.24) is 14.7 Å². The molecule has 1 saturated heterocycles. The lowest BCUT2D eigenvalue weighted by Crippen LogP contribution is -2.40. The summed E-state index contributed by atoms with van der Waals surface area (Å²) in [5, 5.41) is 14.4. The minimum absolute atomic E-state index is 0.0534. The molecule has 0 aromatic carbocycles. The van der Waals surface area contributed by atoms with E-state index in [4.69, 9.17) is 0 Å². The molecular weight excluding hydrogens is 238 g/mol. The molecule has 3 atom stereocenters. The van der Waals surface area contributed by atoms with Gasteiger partial charge in [-0.1, -0.05) is 6.42 Å². The number of likely N-dealkylation sites (tertiary alicyclic amines) is 1. The Morgan fingerprint density at radius 2 is 2.21 bits per heavy atom. The predicted molar refractivity (Wildman–Crippen MR) is 74.9 cm³/mol. The van der Waals surface area contributed by atoms with Gasteiger partial charge < -0.3 is 5.11 Å². The second-order valence-corrected chi connectivity index (χ2v) is 6.10. The van der Waals surface area contributed by atoms with Crippen molar-refractivity contribution < 1.29 is 5.11 Å². The van der Waals surface area contributed by atoms with Crippen LogP contribution in [0, 0.1) is 5.92 Å². The van der Waals surface area contributed by atoms with Gasteiger partial charge >= 0.3 is 0 Å². The quantitative estimate of drug-likeness (QED) is 0.897. The number of aromatic nitrogens is 2. The minimum atomic E-state index is -0.0534. The number of rotatable bonds is 4. The van der Waals surface area contributed by atoms with Crippen LogP contribution in [0.5, 0.6) is 0 Å². The first-order valence-corrected chi connectivity index (χ1v) is 7.64. The van der Waals surface area contributed by atoms with Gasteiger partial charge in [0.1, 0.15) is 0 Å². The standard InChI is InChI=1S/C15H25N3O/c1-17-12(7-9-16-17)8-11-18-10-3-5-14(18)13-4-2-6-15(13)19/h7,9,13-15,19H,2-6,8,10-11H2,1H3. The molecule has 1 aliphatic heterocycles. The first kappa shape index (κ1) is 13.1. The van der Waals surface area contributed by atoms with E-state index in [0.717, 1.165) is 19.4 Å². The van der Waals surface area contributed by atoms with Gasteiger partial charge in [0.15, 0.2) is 0 Å². The normalized spacial score (nSPS) is 32.2. The van der Waals surface area contributed by atoms with E-state index < -0.39 is 0 Å². The molecule has 4 nitrogen and oxygen atoms in total. The lowest BCUT2D eigenvalue weighted by Gasteiger charge is -2.31. The molecule has 1 aromatic rings. The van der Waals surface area contributed by atoms with Gasteiger partial charge in [-0.2, -0.15) is 5.10 Å². The highest BCUT2D eigenvalue weighted by Crippen LogP contribution is 2.35. The molecule has 2 fully saturated rings. The molecular formula is C15H25N3O. The minimum Gasteiger partial charge on any atom is -0.393 e. The van der Waals surface area contributed by atoms with Crippen molar-refractivity contribution in [3.63, 3.8) is 0 Å². The van der Waals surface area contributed by atoms with Gasteiger partial charge in [0.25, 0.3) is 0 Å². The molecule has 4 heteroatoms. The predicted octanol–water partition coefficient (Wildman–Crippen LogP) is 1.59. The summed E-state index contributed by atoms with van der Waals surface area (Å²) in [6.45, 7) is 2.30. The van der Waals surface area contributed by atoms with Gasteiger partial charge in [-0.25, -0.2) is 0 Å². The van der Waals surface area contributed by atoms with Crippen LogP contribution in [0.25, 0.3) is 0 Å². The van der Waals surface area contributed by atoms with Crippen LogP contribution in [0.15, 0.2) is 12.3 Å². The average Bonchev–Trinajstić information content (AvgIpc) is 3.08. The topological polar surface area (TPSA) is 41.3 Å². The molecule has 2 aliphatic rings. The molecule has 19 heavy (non-hydrogen) atoms. The third kappa shape index (κ3) is 2.70. The smallest absolute Gasteiger partial charge is 0.0583 e. The molecule has 3 unspecified atom stereocenters. The molecule has 0 bridgehead atoms. The molecule has 2 heterocycles. The third-order valence-corrected chi connectivity index (χ3v) is 5.02. The molecule has 1 aromatic heterocycles. The van der Waals surface area contributed by atoms with Gasteiger partial charge in [-0.3, -0.25) is 9.58 Å². The Kier molecular flexibility index (Phi) is 3.89. The molecule has 1 aliphatic carbocycles. The lowest BCUT2D eigenvalue weighted by atomic mass is 9.94. The van der Waals surface area contributed by atoms with Gasteiger partial charge in [-0.15, -0.1) is 0 Å². The van der Waals surface area contributed by atoms with E-state index in [1.807, 2.05) is 17.9 Å². The lowest BCUT2D eigenvalue weighted by molar-refractivity contribution is 0.0749. The van der Waals surface area contributed by atoms with Crippen molar-refractivity contribution in [3.05, 3.63) is 18.0 Å². The number of aliphatic hydroxyl groups excluding tert-OH is 1. The average molecular weight is 263 g/mol. The number of aryl methyl sites for hydroxylation is 1. The molecule has 0 amide bonds. The Labute approximate surface area is 115 Å². The first-order chi connectivity index (χ1) is 9.25. The highest BCUT2D eigenvalue weighted by Gasteiger charge is 2.37. The van der Waals surface area contributed by atoms with Gasteiger partial charge in [0.05, 0.1) is 6.10 Å². The Bertz CT molecular complexity index is 417. The van der Waals surface area contributed by atoms with E-state index in [1.165, 1.54) is 37.9 Å². The van der Waals surface area contributed by atoms with Crippen LogP contribution in [0.4, 0.5) is 0 Å². The Morgan fingerprint density at radius 3 is 2.89 bits per heavy atom. The Balaban J connectivity index is 1.59. The monoisotopic (exact) mass is 263 g/mol. The zero-order valence-corrected chi connectivity index (χ0v) is 11.8. The highest BCUT2D eigenvalue weighted by molar-refractivity contribution is 5.01. The van der Waals surface area contributed by atoms with Crippen molar-refractivity contribution >= 4 is 0 Å². The zero-order chi connectivity index (χ0) is 13.2. The summed E-state index contributed by atoms with van der Waals surface area (Å²) < 4.78 is 1.97. The van der Waals surface area contributed by atoms with Gasteiger partial charge in [0.2, 0.25) is 0 Å².